The highest BCUT2D eigenvalue weighted by atomic mass is 79.9. The number of benzene rings is 1. The van der Waals surface area contributed by atoms with E-state index in [2.05, 4.69) is 25.8 Å². The number of nitrogens with zero attached hydrogens (tertiary/aromatic N) is 2. The molecule has 0 unspecified atom stereocenters. The summed E-state index contributed by atoms with van der Waals surface area (Å²) in [5.74, 6) is -0.780. The molecule has 0 atom stereocenters. The van der Waals surface area contributed by atoms with Gasteiger partial charge in [-0.2, -0.15) is 5.10 Å². The number of halogens is 1. The lowest BCUT2D eigenvalue weighted by molar-refractivity contribution is -0.132. The zero-order valence-electron chi connectivity index (χ0n) is 11.0. The zero-order chi connectivity index (χ0) is 14.4. The Kier molecular flexibility index (Phi) is 5.69. The third-order valence-corrected chi connectivity index (χ3v) is 2.76. The minimum Gasteiger partial charge on any atom is -0.464 e. The van der Waals surface area contributed by atoms with Crippen molar-refractivity contribution in [1.82, 2.24) is 5.01 Å². The van der Waals surface area contributed by atoms with Crippen LogP contribution >= 0.6 is 15.9 Å². The Morgan fingerprint density at radius 3 is 2.32 bits per heavy atom. The van der Waals surface area contributed by atoms with E-state index >= 15 is 0 Å². The van der Waals surface area contributed by atoms with Crippen molar-refractivity contribution in [2.24, 2.45) is 5.10 Å². The number of rotatable bonds is 5. The second kappa shape index (κ2) is 7.04. The highest BCUT2D eigenvalue weighted by Gasteiger charge is 2.18. The largest absolute Gasteiger partial charge is 0.464 e. The van der Waals surface area contributed by atoms with Gasteiger partial charge in [-0.25, -0.2) is 4.79 Å². The minimum absolute atomic E-state index is 0.0837. The molecule has 0 N–H and O–H groups in total. The summed E-state index contributed by atoms with van der Waals surface area (Å²) in [5, 5.41) is 5.44. The van der Waals surface area contributed by atoms with Crippen LogP contribution in [0.3, 0.4) is 0 Å². The molecular weight excluding hydrogens is 312 g/mol. The van der Waals surface area contributed by atoms with Crippen molar-refractivity contribution >= 4 is 33.4 Å². The van der Waals surface area contributed by atoms with E-state index in [0.29, 0.717) is 5.56 Å². The minimum atomic E-state index is -0.598. The van der Waals surface area contributed by atoms with Crippen LogP contribution in [-0.4, -0.2) is 43.7 Å². The summed E-state index contributed by atoms with van der Waals surface area (Å²) in [5.41, 5.74) is 0.610. The molecule has 0 spiro atoms. The molecule has 1 aromatic carbocycles. The molecule has 102 valence electrons. The van der Waals surface area contributed by atoms with Crippen LogP contribution in [0.1, 0.15) is 16.8 Å². The standard InChI is InChI=1S/C13H15BrN2O3/c1-16(2)15-11(13(18)19-3)8-12(17)9-4-6-10(14)7-5-9/h4-7H,8H2,1-3H3/b15-11-. The summed E-state index contributed by atoms with van der Waals surface area (Å²) in [6.07, 6.45) is -0.0908. The van der Waals surface area contributed by atoms with Crippen LogP contribution in [0, 0.1) is 0 Å². The van der Waals surface area contributed by atoms with Crippen molar-refractivity contribution in [3.63, 3.8) is 0 Å². The zero-order valence-corrected chi connectivity index (χ0v) is 12.6. The van der Waals surface area contributed by atoms with Gasteiger partial charge in [0.15, 0.2) is 11.5 Å². The van der Waals surface area contributed by atoms with Gasteiger partial charge in [-0.3, -0.25) is 4.79 Å². The van der Waals surface area contributed by atoms with Gasteiger partial charge in [0.05, 0.1) is 13.5 Å². The number of hydrogen-bond acceptors (Lipinski definition) is 5. The number of carbonyl (C=O) groups excluding carboxylic acids is 2. The van der Waals surface area contributed by atoms with Crippen LogP contribution in [0.15, 0.2) is 33.8 Å². The number of Topliss-reactive ketones (excluding diaryl/α,β-unsaturated/α-hetero) is 1. The molecule has 1 rings (SSSR count). The first-order chi connectivity index (χ1) is 8.93. The smallest absolute Gasteiger partial charge is 0.354 e. The van der Waals surface area contributed by atoms with Gasteiger partial charge in [0, 0.05) is 24.1 Å². The number of hydrogen-bond donors (Lipinski definition) is 0. The monoisotopic (exact) mass is 326 g/mol. The van der Waals surface area contributed by atoms with Gasteiger partial charge in [-0.05, 0) is 12.1 Å². The lowest BCUT2D eigenvalue weighted by Crippen LogP contribution is -2.23. The Morgan fingerprint density at radius 2 is 1.84 bits per heavy atom. The van der Waals surface area contributed by atoms with Crippen molar-refractivity contribution in [2.45, 2.75) is 6.42 Å². The Labute approximate surface area is 120 Å². The van der Waals surface area contributed by atoms with Gasteiger partial charge in [-0.15, -0.1) is 0 Å². The predicted octanol–water partition coefficient (Wildman–Crippen LogP) is 2.11. The molecule has 0 fully saturated rings. The van der Waals surface area contributed by atoms with Crippen LogP contribution in [0.4, 0.5) is 0 Å². The molecule has 0 saturated carbocycles. The molecule has 5 nitrogen and oxygen atoms in total. The molecular formula is C13H15BrN2O3. The number of carbonyl (C=O) groups is 2. The summed E-state index contributed by atoms with van der Waals surface area (Å²) in [6, 6.07) is 6.93. The Balaban J connectivity index is 2.88. The Morgan fingerprint density at radius 1 is 1.26 bits per heavy atom. The van der Waals surface area contributed by atoms with E-state index < -0.39 is 5.97 Å². The summed E-state index contributed by atoms with van der Waals surface area (Å²) < 4.78 is 5.50. The Bertz CT molecular complexity index is 495. The van der Waals surface area contributed by atoms with E-state index in [-0.39, 0.29) is 17.9 Å². The molecule has 0 aliphatic carbocycles. The lowest BCUT2D eigenvalue weighted by Gasteiger charge is -2.09. The quantitative estimate of drug-likeness (QED) is 0.360. The molecule has 1 aromatic rings. The van der Waals surface area contributed by atoms with E-state index in [0.717, 1.165) is 4.47 Å². The third kappa shape index (κ3) is 4.82. The molecule has 0 bridgehead atoms. The second-order valence-corrected chi connectivity index (χ2v) is 4.91. The fraction of sp³-hybridized carbons (Fsp3) is 0.308. The van der Waals surface area contributed by atoms with Crippen LogP contribution in [0.25, 0.3) is 0 Å². The maximum absolute atomic E-state index is 12.0. The lowest BCUT2D eigenvalue weighted by atomic mass is 10.1. The van der Waals surface area contributed by atoms with Crippen LogP contribution in [0.2, 0.25) is 0 Å². The second-order valence-electron chi connectivity index (χ2n) is 3.99. The van der Waals surface area contributed by atoms with Gasteiger partial charge in [0.25, 0.3) is 0 Å². The van der Waals surface area contributed by atoms with Crippen molar-refractivity contribution in [3.8, 4) is 0 Å². The van der Waals surface area contributed by atoms with Crippen molar-refractivity contribution in [1.29, 1.82) is 0 Å². The topological polar surface area (TPSA) is 59.0 Å². The molecule has 0 saturated heterocycles. The molecule has 0 amide bonds. The third-order valence-electron chi connectivity index (χ3n) is 2.24. The van der Waals surface area contributed by atoms with E-state index in [9.17, 15) is 9.59 Å². The summed E-state index contributed by atoms with van der Waals surface area (Å²) in [4.78, 5) is 23.6. The molecule has 19 heavy (non-hydrogen) atoms. The summed E-state index contributed by atoms with van der Waals surface area (Å²) >= 11 is 3.30. The SMILES string of the molecule is COC(=O)/C(CC(=O)c1ccc(Br)cc1)=N\N(C)C. The molecule has 0 aromatic heterocycles. The number of ether oxygens (including phenoxy) is 1. The molecule has 0 heterocycles. The average molecular weight is 327 g/mol. The van der Waals surface area contributed by atoms with Crippen LogP contribution < -0.4 is 0 Å². The summed E-state index contributed by atoms with van der Waals surface area (Å²) in [7, 11) is 4.61. The summed E-state index contributed by atoms with van der Waals surface area (Å²) in [6.45, 7) is 0. The fourth-order valence-corrected chi connectivity index (χ4v) is 1.66. The van der Waals surface area contributed by atoms with Gasteiger partial charge >= 0.3 is 5.97 Å². The molecule has 0 aliphatic rings. The van der Waals surface area contributed by atoms with Gasteiger partial charge < -0.3 is 9.75 Å². The maximum atomic E-state index is 12.0. The van der Waals surface area contributed by atoms with Gasteiger partial charge in [-0.1, -0.05) is 28.1 Å². The van der Waals surface area contributed by atoms with E-state index in [1.807, 2.05) is 0 Å². The number of hydrazone groups is 1. The van der Waals surface area contributed by atoms with E-state index in [4.69, 9.17) is 0 Å². The molecule has 0 aliphatic heterocycles. The predicted molar refractivity (Wildman–Crippen MR) is 76.2 cm³/mol. The maximum Gasteiger partial charge on any atom is 0.354 e. The van der Waals surface area contributed by atoms with Gasteiger partial charge in [0.2, 0.25) is 0 Å². The van der Waals surface area contributed by atoms with Crippen molar-refractivity contribution < 1.29 is 14.3 Å². The molecule has 0 radical (unpaired) electrons. The highest BCUT2D eigenvalue weighted by molar-refractivity contribution is 9.10. The van der Waals surface area contributed by atoms with Crippen molar-refractivity contribution in [2.75, 3.05) is 21.2 Å². The number of esters is 1. The highest BCUT2D eigenvalue weighted by Crippen LogP contribution is 2.12. The van der Waals surface area contributed by atoms with Gasteiger partial charge in [0.1, 0.15) is 0 Å². The fourth-order valence-electron chi connectivity index (χ4n) is 1.40. The number of ketones is 1. The normalized spacial score (nSPS) is 11.1. The molecule has 6 heteroatoms. The Hall–Kier alpha value is -1.69. The van der Waals surface area contributed by atoms with Crippen molar-refractivity contribution in [3.05, 3.63) is 34.3 Å². The first-order valence-corrected chi connectivity index (χ1v) is 6.35. The van der Waals surface area contributed by atoms with E-state index in [1.165, 1.54) is 12.1 Å². The average Bonchev–Trinajstić information content (AvgIpc) is 2.37. The van der Waals surface area contributed by atoms with Crippen LogP contribution in [0.5, 0.6) is 0 Å². The first-order valence-electron chi connectivity index (χ1n) is 5.56. The number of methoxy groups -OCH3 is 1. The first kappa shape index (κ1) is 15.4. The van der Waals surface area contributed by atoms with Crippen LogP contribution in [-0.2, 0) is 9.53 Å². The van der Waals surface area contributed by atoms with E-state index in [1.54, 1.807) is 38.4 Å².